The van der Waals surface area contributed by atoms with Crippen molar-refractivity contribution in [3.05, 3.63) is 71.8 Å². The van der Waals surface area contributed by atoms with Gasteiger partial charge in [-0.15, -0.1) is 0 Å². The smallest absolute Gasteiger partial charge is 0.306 e. The first-order valence-electron chi connectivity index (χ1n) is 11.0. The zero-order valence-corrected chi connectivity index (χ0v) is 17.4. The van der Waals surface area contributed by atoms with E-state index >= 15 is 0 Å². The minimum atomic E-state index is -0.662. The number of carbonyl (C=O) groups is 1. The number of unbranched alkanes of at least 4 members (excludes halogenated alkanes) is 5. The summed E-state index contributed by atoms with van der Waals surface area (Å²) < 4.78 is 0. The maximum Gasteiger partial charge on any atom is 0.306 e. The van der Waals surface area contributed by atoms with Crippen LogP contribution in [0.4, 0.5) is 0 Å². The molecule has 0 aliphatic rings. The molecule has 0 spiro atoms. The molecule has 0 amide bonds. The van der Waals surface area contributed by atoms with E-state index < -0.39 is 5.97 Å². The summed E-state index contributed by atoms with van der Waals surface area (Å²) in [5.41, 5.74) is 2.44. The van der Waals surface area contributed by atoms with Gasteiger partial charge in [0, 0.05) is 0 Å². The van der Waals surface area contributed by atoms with Crippen molar-refractivity contribution in [1.82, 2.24) is 0 Å². The standard InChI is InChI=1S/C26H36O2/c1-2-3-4-5-6-9-18-24(19-22-14-10-7-11-15-22)21-25(26(27)28)20-23-16-12-8-13-17-23/h7-8,10-17,24-25H,2-6,9,18-21H2,1H3,(H,27,28). The van der Waals surface area contributed by atoms with Gasteiger partial charge in [-0.2, -0.15) is 0 Å². The second-order valence-electron chi connectivity index (χ2n) is 8.07. The average molecular weight is 381 g/mol. The predicted molar refractivity (Wildman–Crippen MR) is 118 cm³/mol. The summed E-state index contributed by atoms with van der Waals surface area (Å²) in [5, 5.41) is 9.82. The van der Waals surface area contributed by atoms with E-state index in [1.165, 1.54) is 44.1 Å². The van der Waals surface area contributed by atoms with Crippen molar-refractivity contribution in [3.63, 3.8) is 0 Å². The van der Waals surface area contributed by atoms with Crippen LogP contribution in [0.15, 0.2) is 60.7 Å². The van der Waals surface area contributed by atoms with Gasteiger partial charge in [-0.05, 0) is 36.3 Å². The molecule has 0 aliphatic carbocycles. The van der Waals surface area contributed by atoms with Gasteiger partial charge in [0.2, 0.25) is 0 Å². The maximum absolute atomic E-state index is 11.9. The highest BCUT2D eigenvalue weighted by Gasteiger charge is 2.23. The van der Waals surface area contributed by atoms with E-state index in [-0.39, 0.29) is 5.92 Å². The minimum absolute atomic E-state index is 0.309. The van der Waals surface area contributed by atoms with Gasteiger partial charge >= 0.3 is 5.97 Å². The van der Waals surface area contributed by atoms with Crippen molar-refractivity contribution in [3.8, 4) is 0 Å². The van der Waals surface area contributed by atoms with Gasteiger partial charge in [0.1, 0.15) is 0 Å². The van der Waals surface area contributed by atoms with E-state index in [4.69, 9.17) is 0 Å². The van der Waals surface area contributed by atoms with Crippen molar-refractivity contribution in [2.45, 2.75) is 71.1 Å². The van der Waals surface area contributed by atoms with E-state index in [2.05, 4.69) is 31.2 Å². The Labute approximate surface area is 171 Å². The fourth-order valence-corrected chi connectivity index (χ4v) is 4.04. The second-order valence-corrected chi connectivity index (χ2v) is 8.07. The van der Waals surface area contributed by atoms with Crippen LogP contribution in [-0.4, -0.2) is 11.1 Å². The Balaban J connectivity index is 1.95. The molecule has 0 saturated heterocycles. The van der Waals surface area contributed by atoms with Crippen LogP contribution < -0.4 is 0 Å². The third-order valence-corrected chi connectivity index (χ3v) is 5.63. The minimum Gasteiger partial charge on any atom is -0.481 e. The third kappa shape index (κ3) is 8.73. The predicted octanol–water partition coefficient (Wildman–Crippen LogP) is 6.93. The Kier molecular flexibility index (Phi) is 10.4. The first-order valence-corrected chi connectivity index (χ1v) is 11.0. The highest BCUT2D eigenvalue weighted by atomic mass is 16.4. The van der Waals surface area contributed by atoms with Gasteiger partial charge in [-0.1, -0.05) is 113 Å². The first kappa shape index (κ1) is 22.2. The molecule has 1 N–H and O–H groups in total. The molecule has 0 aliphatic heterocycles. The summed E-state index contributed by atoms with van der Waals surface area (Å²) in [5.74, 6) is -0.542. The van der Waals surface area contributed by atoms with Gasteiger partial charge in [-0.3, -0.25) is 4.79 Å². The van der Waals surface area contributed by atoms with Crippen LogP contribution in [0, 0.1) is 11.8 Å². The number of rotatable bonds is 14. The van der Waals surface area contributed by atoms with Gasteiger partial charge < -0.3 is 5.11 Å². The van der Waals surface area contributed by atoms with Gasteiger partial charge in [0.25, 0.3) is 0 Å². The molecule has 2 heteroatoms. The van der Waals surface area contributed by atoms with Gasteiger partial charge in [0.15, 0.2) is 0 Å². The lowest BCUT2D eigenvalue weighted by Crippen LogP contribution is -2.21. The molecular formula is C26H36O2. The summed E-state index contributed by atoms with van der Waals surface area (Å²) in [6, 6.07) is 20.6. The first-order chi connectivity index (χ1) is 13.7. The van der Waals surface area contributed by atoms with Crippen LogP contribution in [-0.2, 0) is 17.6 Å². The summed E-state index contributed by atoms with van der Waals surface area (Å²) in [6.07, 6.45) is 11.2. The van der Waals surface area contributed by atoms with Crippen molar-refractivity contribution in [1.29, 1.82) is 0 Å². The number of hydrogen-bond acceptors (Lipinski definition) is 1. The quantitative estimate of drug-likeness (QED) is 0.361. The molecule has 0 saturated carbocycles. The monoisotopic (exact) mass is 380 g/mol. The van der Waals surface area contributed by atoms with Crippen molar-refractivity contribution >= 4 is 5.97 Å². The van der Waals surface area contributed by atoms with E-state index in [1.807, 2.05) is 36.4 Å². The average Bonchev–Trinajstić information content (AvgIpc) is 2.71. The molecule has 0 aromatic heterocycles. The summed E-state index contributed by atoms with van der Waals surface area (Å²) in [6.45, 7) is 2.24. The number of benzene rings is 2. The SMILES string of the molecule is CCCCCCCCC(Cc1ccccc1)CC(Cc1ccccc1)C(=O)O. The van der Waals surface area contributed by atoms with E-state index in [1.54, 1.807) is 0 Å². The third-order valence-electron chi connectivity index (χ3n) is 5.63. The van der Waals surface area contributed by atoms with Crippen LogP contribution in [0.3, 0.4) is 0 Å². The lowest BCUT2D eigenvalue weighted by molar-refractivity contribution is -0.142. The fourth-order valence-electron chi connectivity index (χ4n) is 4.04. The molecule has 152 valence electrons. The zero-order chi connectivity index (χ0) is 20.0. The molecule has 2 aromatic carbocycles. The Hall–Kier alpha value is -2.09. The summed E-state index contributed by atoms with van der Waals surface area (Å²) >= 11 is 0. The molecule has 2 atom stereocenters. The summed E-state index contributed by atoms with van der Waals surface area (Å²) in [4.78, 5) is 11.9. The Morgan fingerprint density at radius 3 is 1.89 bits per heavy atom. The Morgan fingerprint density at radius 2 is 1.32 bits per heavy atom. The molecule has 0 radical (unpaired) electrons. The Bertz CT molecular complexity index is 651. The van der Waals surface area contributed by atoms with Crippen molar-refractivity contribution in [2.75, 3.05) is 0 Å². The molecule has 2 rings (SSSR count). The number of carboxylic acids is 1. The second kappa shape index (κ2) is 13.1. The molecule has 0 heterocycles. The largest absolute Gasteiger partial charge is 0.481 e. The van der Waals surface area contributed by atoms with E-state index in [9.17, 15) is 9.90 Å². The fraction of sp³-hybridized carbons (Fsp3) is 0.500. The number of carboxylic acid groups (broad SMARTS) is 1. The highest BCUT2D eigenvalue weighted by molar-refractivity contribution is 5.70. The normalized spacial score (nSPS) is 13.2. The van der Waals surface area contributed by atoms with Crippen LogP contribution in [0.1, 0.15) is 69.4 Å². The molecule has 2 unspecified atom stereocenters. The van der Waals surface area contributed by atoms with Crippen molar-refractivity contribution < 1.29 is 9.90 Å². The van der Waals surface area contributed by atoms with E-state index in [0.717, 1.165) is 24.8 Å². The molecule has 2 aromatic rings. The number of hydrogen-bond donors (Lipinski definition) is 1. The van der Waals surface area contributed by atoms with E-state index in [0.29, 0.717) is 12.3 Å². The zero-order valence-electron chi connectivity index (χ0n) is 17.4. The highest BCUT2D eigenvalue weighted by Crippen LogP contribution is 2.26. The molecule has 0 bridgehead atoms. The van der Waals surface area contributed by atoms with Gasteiger partial charge in [-0.25, -0.2) is 0 Å². The number of aliphatic carboxylic acids is 1. The van der Waals surface area contributed by atoms with Crippen LogP contribution in [0.5, 0.6) is 0 Å². The van der Waals surface area contributed by atoms with Gasteiger partial charge in [0.05, 0.1) is 5.92 Å². The molecular weight excluding hydrogens is 344 g/mol. The lowest BCUT2D eigenvalue weighted by atomic mass is 9.83. The molecule has 2 nitrogen and oxygen atoms in total. The van der Waals surface area contributed by atoms with Crippen LogP contribution in [0.2, 0.25) is 0 Å². The summed E-state index contributed by atoms with van der Waals surface area (Å²) in [7, 11) is 0. The lowest BCUT2D eigenvalue weighted by Gasteiger charge is -2.22. The molecule has 0 fully saturated rings. The topological polar surface area (TPSA) is 37.3 Å². The Morgan fingerprint density at radius 1 is 0.786 bits per heavy atom. The van der Waals surface area contributed by atoms with Crippen LogP contribution in [0.25, 0.3) is 0 Å². The molecule has 28 heavy (non-hydrogen) atoms. The maximum atomic E-state index is 11.9. The van der Waals surface area contributed by atoms with Crippen molar-refractivity contribution in [2.24, 2.45) is 11.8 Å². The van der Waals surface area contributed by atoms with Crippen LogP contribution >= 0.6 is 0 Å².